The van der Waals surface area contributed by atoms with Gasteiger partial charge in [-0.2, -0.15) is 0 Å². The van der Waals surface area contributed by atoms with Gasteiger partial charge >= 0.3 is 0 Å². The molecule has 0 bridgehead atoms. The number of aromatic nitrogens is 1. The number of hydrogen-bond donors (Lipinski definition) is 1. The van der Waals surface area contributed by atoms with E-state index in [1.165, 1.54) is 0 Å². The van der Waals surface area contributed by atoms with Gasteiger partial charge in [0, 0.05) is 11.1 Å². The lowest BCUT2D eigenvalue weighted by Gasteiger charge is -2.02. The van der Waals surface area contributed by atoms with Crippen LogP contribution in [0.5, 0.6) is 0 Å². The van der Waals surface area contributed by atoms with Crippen molar-refractivity contribution >= 4 is 17.5 Å². The van der Waals surface area contributed by atoms with Crippen molar-refractivity contribution in [3.63, 3.8) is 0 Å². The molecule has 2 aromatic rings. The van der Waals surface area contributed by atoms with Gasteiger partial charge in [0.25, 0.3) is 0 Å². The summed E-state index contributed by atoms with van der Waals surface area (Å²) in [4.78, 5) is 11.0. The zero-order valence-electron chi connectivity index (χ0n) is 9.24. The molecule has 4 nitrogen and oxygen atoms in total. The molecular formula is C12H11ClN2O2. The number of nitrogens with two attached hydrogens (primary N) is 1. The average Bonchev–Trinajstić information content (AvgIpc) is 2.61. The minimum Gasteiger partial charge on any atom is -0.369 e. The highest BCUT2D eigenvalue weighted by Gasteiger charge is 2.18. The number of rotatable bonds is 3. The summed E-state index contributed by atoms with van der Waals surface area (Å²) in [6, 6.07) is 7.25. The highest BCUT2D eigenvalue weighted by Crippen LogP contribution is 2.30. The number of hydrogen-bond acceptors (Lipinski definition) is 3. The van der Waals surface area contributed by atoms with Gasteiger partial charge in [0.2, 0.25) is 5.91 Å². The maximum atomic E-state index is 11.0. The second kappa shape index (κ2) is 4.59. The van der Waals surface area contributed by atoms with E-state index in [4.69, 9.17) is 21.9 Å². The number of carbonyl (C=O) groups is 1. The quantitative estimate of drug-likeness (QED) is 0.909. The third kappa shape index (κ3) is 2.31. The topological polar surface area (TPSA) is 69.1 Å². The Hall–Kier alpha value is -1.81. The molecule has 17 heavy (non-hydrogen) atoms. The van der Waals surface area contributed by atoms with Gasteiger partial charge in [-0.1, -0.05) is 35.0 Å². The van der Waals surface area contributed by atoms with Crippen molar-refractivity contribution in [1.29, 1.82) is 0 Å². The molecule has 0 aliphatic rings. The van der Waals surface area contributed by atoms with E-state index in [9.17, 15) is 4.79 Å². The Morgan fingerprint density at radius 3 is 2.82 bits per heavy atom. The van der Waals surface area contributed by atoms with Crippen LogP contribution in [0.2, 0.25) is 5.02 Å². The summed E-state index contributed by atoms with van der Waals surface area (Å²) >= 11 is 6.08. The zero-order valence-corrected chi connectivity index (χ0v) is 9.99. The SMILES string of the molecule is Cc1onc(-c2ccccc2Cl)c1CC(N)=O. The first-order chi connectivity index (χ1) is 8.09. The molecule has 0 radical (unpaired) electrons. The predicted molar refractivity (Wildman–Crippen MR) is 64.6 cm³/mol. The molecule has 0 saturated carbocycles. The average molecular weight is 251 g/mol. The second-order valence-corrected chi connectivity index (χ2v) is 4.10. The third-order valence-corrected chi connectivity index (χ3v) is 2.79. The van der Waals surface area contributed by atoms with Crippen LogP contribution in [0.1, 0.15) is 11.3 Å². The van der Waals surface area contributed by atoms with Crippen LogP contribution in [0.15, 0.2) is 28.8 Å². The summed E-state index contributed by atoms with van der Waals surface area (Å²) in [6.45, 7) is 1.74. The van der Waals surface area contributed by atoms with Crippen molar-refractivity contribution in [2.45, 2.75) is 13.3 Å². The maximum Gasteiger partial charge on any atom is 0.222 e. The van der Waals surface area contributed by atoms with E-state index in [-0.39, 0.29) is 6.42 Å². The van der Waals surface area contributed by atoms with Crippen molar-refractivity contribution in [1.82, 2.24) is 5.16 Å². The molecule has 0 atom stereocenters. The van der Waals surface area contributed by atoms with Crippen LogP contribution in [-0.4, -0.2) is 11.1 Å². The van der Waals surface area contributed by atoms with Crippen LogP contribution >= 0.6 is 11.6 Å². The Bertz CT molecular complexity index is 563. The molecule has 2 rings (SSSR count). The van der Waals surface area contributed by atoms with Crippen LogP contribution in [0.3, 0.4) is 0 Å². The minimum absolute atomic E-state index is 0.0931. The van der Waals surface area contributed by atoms with E-state index in [0.717, 1.165) is 5.56 Å². The number of carbonyl (C=O) groups excluding carboxylic acids is 1. The molecule has 0 saturated heterocycles. The standard InChI is InChI=1S/C12H11ClN2O2/c1-7-9(6-11(14)16)12(15-17-7)8-4-2-3-5-10(8)13/h2-5H,6H2,1H3,(H2,14,16). The van der Waals surface area contributed by atoms with Gasteiger partial charge in [-0.25, -0.2) is 0 Å². The van der Waals surface area contributed by atoms with Crippen molar-refractivity contribution in [2.75, 3.05) is 0 Å². The number of benzene rings is 1. The van der Waals surface area contributed by atoms with Crippen LogP contribution < -0.4 is 5.73 Å². The summed E-state index contributed by atoms with van der Waals surface area (Å²) in [5, 5.41) is 4.49. The molecule has 0 unspecified atom stereocenters. The summed E-state index contributed by atoms with van der Waals surface area (Å²) in [6.07, 6.45) is 0.0931. The minimum atomic E-state index is -0.426. The second-order valence-electron chi connectivity index (χ2n) is 3.69. The fourth-order valence-corrected chi connectivity index (χ4v) is 1.86. The molecule has 1 aromatic carbocycles. The number of amides is 1. The van der Waals surface area contributed by atoms with E-state index in [2.05, 4.69) is 5.16 Å². The summed E-state index contributed by atoms with van der Waals surface area (Å²) < 4.78 is 5.09. The smallest absolute Gasteiger partial charge is 0.222 e. The highest BCUT2D eigenvalue weighted by molar-refractivity contribution is 6.33. The maximum absolute atomic E-state index is 11.0. The third-order valence-electron chi connectivity index (χ3n) is 2.46. The molecule has 88 valence electrons. The van der Waals surface area contributed by atoms with Crippen molar-refractivity contribution < 1.29 is 9.32 Å². The van der Waals surface area contributed by atoms with Gasteiger partial charge in [-0.15, -0.1) is 0 Å². The van der Waals surface area contributed by atoms with E-state index in [1.807, 2.05) is 18.2 Å². The van der Waals surface area contributed by atoms with E-state index in [1.54, 1.807) is 13.0 Å². The molecule has 0 aliphatic heterocycles. The molecule has 0 fully saturated rings. The van der Waals surface area contributed by atoms with Gasteiger partial charge < -0.3 is 10.3 Å². The fourth-order valence-electron chi connectivity index (χ4n) is 1.64. The van der Waals surface area contributed by atoms with Crippen molar-refractivity contribution in [3.05, 3.63) is 40.6 Å². The molecule has 0 aliphatic carbocycles. The largest absolute Gasteiger partial charge is 0.369 e. The molecule has 2 N–H and O–H groups in total. The number of halogens is 1. The van der Waals surface area contributed by atoms with Crippen LogP contribution in [0, 0.1) is 6.92 Å². The zero-order chi connectivity index (χ0) is 12.4. The van der Waals surface area contributed by atoms with Crippen LogP contribution in [-0.2, 0) is 11.2 Å². The highest BCUT2D eigenvalue weighted by atomic mass is 35.5. The first-order valence-corrected chi connectivity index (χ1v) is 5.45. The summed E-state index contributed by atoms with van der Waals surface area (Å²) in [5.74, 6) is 0.156. The van der Waals surface area contributed by atoms with Crippen LogP contribution in [0.4, 0.5) is 0 Å². The normalized spacial score (nSPS) is 10.5. The number of primary amides is 1. The van der Waals surface area contributed by atoms with Crippen molar-refractivity contribution in [2.24, 2.45) is 5.73 Å². The fraction of sp³-hybridized carbons (Fsp3) is 0.167. The van der Waals surface area contributed by atoms with Gasteiger partial charge in [0.1, 0.15) is 11.5 Å². The summed E-state index contributed by atoms with van der Waals surface area (Å²) in [5.41, 5.74) is 7.20. The molecule has 5 heteroatoms. The van der Waals surface area contributed by atoms with E-state index < -0.39 is 5.91 Å². The number of aryl methyl sites for hydroxylation is 1. The molecular weight excluding hydrogens is 240 g/mol. The van der Waals surface area contributed by atoms with E-state index >= 15 is 0 Å². The lowest BCUT2D eigenvalue weighted by atomic mass is 10.0. The van der Waals surface area contributed by atoms with Gasteiger partial charge in [-0.05, 0) is 13.0 Å². The molecule has 1 heterocycles. The molecule has 1 aromatic heterocycles. The molecule has 0 spiro atoms. The monoisotopic (exact) mass is 250 g/mol. The predicted octanol–water partition coefficient (Wildman–Crippen LogP) is 2.33. The first-order valence-electron chi connectivity index (χ1n) is 5.08. The number of nitrogens with zero attached hydrogens (tertiary/aromatic N) is 1. The Morgan fingerprint density at radius 2 is 2.18 bits per heavy atom. The van der Waals surface area contributed by atoms with E-state index in [0.29, 0.717) is 22.0 Å². The molecule has 1 amide bonds. The lowest BCUT2D eigenvalue weighted by Crippen LogP contribution is -2.14. The van der Waals surface area contributed by atoms with Gasteiger partial charge in [0.15, 0.2) is 0 Å². The first kappa shape index (κ1) is 11.7. The Labute approximate surface area is 103 Å². The van der Waals surface area contributed by atoms with Gasteiger partial charge in [0.05, 0.1) is 11.4 Å². The Kier molecular flexibility index (Phi) is 3.15. The Morgan fingerprint density at radius 1 is 1.47 bits per heavy atom. The lowest BCUT2D eigenvalue weighted by molar-refractivity contribution is -0.117. The van der Waals surface area contributed by atoms with Gasteiger partial charge in [-0.3, -0.25) is 4.79 Å². The van der Waals surface area contributed by atoms with Crippen molar-refractivity contribution in [3.8, 4) is 11.3 Å². The Balaban J connectivity index is 2.53. The van der Waals surface area contributed by atoms with Crippen LogP contribution in [0.25, 0.3) is 11.3 Å². The summed E-state index contributed by atoms with van der Waals surface area (Å²) in [7, 11) is 0.